The van der Waals surface area contributed by atoms with Crippen LogP contribution in [0.2, 0.25) is 0 Å². The number of benzene rings is 3. The average Bonchev–Trinajstić information content (AvgIpc) is 3.22. The van der Waals surface area contributed by atoms with Crippen molar-refractivity contribution < 1.29 is 14.6 Å². The van der Waals surface area contributed by atoms with Crippen LogP contribution in [0, 0.1) is 6.92 Å². The van der Waals surface area contributed by atoms with Gasteiger partial charge in [-0.1, -0.05) is 54.1 Å². The van der Waals surface area contributed by atoms with Crippen LogP contribution in [0.5, 0.6) is 5.75 Å². The second-order valence-electron chi connectivity index (χ2n) is 7.93. The highest BCUT2D eigenvalue weighted by molar-refractivity contribution is 5.98. The summed E-state index contributed by atoms with van der Waals surface area (Å²) in [6.45, 7) is 4.24. The van der Waals surface area contributed by atoms with Gasteiger partial charge in [0.15, 0.2) is 0 Å². The SMILES string of the molecule is CCOc1ccc(-c2ccc(C)cc2)cc1C(=O)N[C@@H](CO)Cc1c[nH]c2ccccc12. The molecule has 1 heterocycles. The number of hydrogen-bond acceptors (Lipinski definition) is 3. The molecule has 4 aromatic rings. The van der Waals surface area contributed by atoms with Gasteiger partial charge in [0.2, 0.25) is 0 Å². The number of para-hydroxylation sites is 1. The summed E-state index contributed by atoms with van der Waals surface area (Å²) in [4.78, 5) is 16.5. The predicted octanol–water partition coefficient (Wildman–Crippen LogP) is 4.88. The summed E-state index contributed by atoms with van der Waals surface area (Å²) in [6.07, 6.45) is 2.46. The molecule has 5 heteroatoms. The number of hydrogen-bond donors (Lipinski definition) is 3. The van der Waals surface area contributed by atoms with E-state index < -0.39 is 6.04 Å². The zero-order valence-corrected chi connectivity index (χ0v) is 18.4. The Bertz CT molecular complexity index is 1210. The van der Waals surface area contributed by atoms with E-state index in [0.717, 1.165) is 27.6 Å². The zero-order chi connectivity index (χ0) is 22.5. The minimum atomic E-state index is -0.417. The third-order valence-electron chi connectivity index (χ3n) is 5.61. The Labute approximate surface area is 188 Å². The summed E-state index contributed by atoms with van der Waals surface area (Å²) in [5, 5.41) is 14.1. The van der Waals surface area contributed by atoms with Gasteiger partial charge >= 0.3 is 0 Å². The smallest absolute Gasteiger partial charge is 0.255 e. The van der Waals surface area contributed by atoms with E-state index in [-0.39, 0.29) is 12.5 Å². The van der Waals surface area contributed by atoms with Gasteiger partial charge in [-0.3, -0.25) is 4.79 Å². The van der Waals surface area contributed by atoms with Gasteiger partial charge in [-0.15, -0.1) is 0 Å². The highest BCUT2D eigenvalue weighted by Gasteiger charge is 2.19. The number of nitrogens with one attached hydrogen (secondary N) is 2. The molecule has 0 radical (unpaired) electrons. The molecule has 1 aromatic heterocycles. The number of rotatable bonds is 8. The third-order valence-corrected chi connectivity index (χ3v) is 5.61. The fourth-order valence-electron chi connectivity index (χ4n) is 3.90. The first-order valence-corrected chi connectivity index (χ1v) is 10.9. The molecule has 0 aliphatic heterocycles. The molecular formula is C27H28N2O3. The monoisotopic (exact) mass is 428 g/mol. The maximum absolute atomic E-state index is 13.2. The highest BCUT2D eigenvalue weighted by atomic mass is 16.5. The van der Waals surface area contributed by atoms with Crippen LogP contribution in [0.4, 0.5) is 0 Å². The van der Waals surface area contributed by atoms with Crippen LogP contribution in [-0.2, 0) is 6.42 Å². The van der Waals surface area contributed by atoms with E-state index in [1.54, 1.807) is 0 Å². The molecule has 1 atom stereocenters. The quantitative estimate of drug-likeness (QED) is 0.375. The van der Waals surface area contributed by atoms with Crippen LogP contribution >= 0.6 is 0 Å². The van der Waals surface area contributed by atoms with Crippen LogP contribution < -0.4 is 10.1 Å². The van der Waals surface area contributed by atoms with Gasteiger partial charge in [-0.25, -0.2) is 0 Å². The molecule has 0 saturated heterocycles. The molecule has 164 valence electrons. The maximum atomic E-state index is 13.2. The van der Waals surface area contributed by atoms with Gasteiger partial charge in [0.25, 0.3) is 5.91 Å². The second kappa shape index (κ2) is 9.71. The number of aromatic nitrogens is 1. The molecular weight excluding hydrogens is 400 g/mol. The van der Waals surface area contributed by atoms with E-state index in [1.165, 1.54) is 5.56 Å². The Kier molecular flexibility index (Phi) is 6.57. The van der Waals surface area contributed by atoms with E-state index in [4.69, 9.17) is 4.74 Å². The minimum Gasteiger partial charge on any atom is -0.493 e. The van der Waals surface area contributed by atoms with Crippen molar-refractivity contribution >= 4 is 16.8 Å². The molecule has 0 saturated carbocycles. The fraction of sp³-hybridized carbons (Fsp3) is 0.222. The lowest BCUT2D eigenvalue weighted by Crippen LogP contribution is -2.39. The highest BCUT2D eigenvalue weighted by Crippen LogP contribution is 2.28. The van der Waals surface area contributed by atoms with Crippen molar-refractivity contribution in [3.63, 3.8) is 0 Å². The van der Waals surface area contributed by atoms with Crippen LogP contribution in [0.1, 0.15) is 28.4 Å². The number of aromatic amines is 1. The maximum Gasteiger partial charge on any atom is 0.255 e. The van der Waals surface area contributed by atoms with Crippen molar-refractivity contribution in [3.8, 4) is 16.9 Å². The van der Waals surface area contributed by atoms with E-state index in [9.17, 15) is 9.90 Å². The number of aryl methyl sites for hydroxylation is 1. The van der Waals surface area contributed by atoms with E-state index in [2.05, 4.69) is 22.4 Å². The van der Waals surface area contributed by atoms with Gasteiger partial charge in [0.1, 0.15) is 5.75 Å². The summed E-state index contributed by atoms with van der Waals surface area (Å²) >= 11 is 0. The fourth-order valence-corrected chi connectivity index (χ4v) is 3.90. The van der Waals surface area contributed by atoms with Crippen LogP contribution in [0.15, 0.2) is 72.9 Å². The molecule has 0 aliphatic carbocycles. The van der Waals surface area contributed by atoms with Crippen molar-refractivity contribution in [2.75, 3.05) is 13.2 Å². The Morgan fingerprint density at radius 1 is 1.06 bits per heavy atom. The Morgan fingerprint density at radius 2 is 1.81 bits per heavy atom. The summed E-state index contributed by atoms with van der Waals surface area (Å²) in [7, 11) is 0. The van der Waals surface area contributed by atoms with Gasteiger partial charge in [0, 0.05) is 17.1 Å². The van der Waals surface area contributed by atoms with Crippen LogP contribution in [-0.4, -0.2) is 35.3 Å². The Morgan fingerprint density at radius 3 is 2.56 bits per heavy atom. The lowest BCUT2D eigenvalue weighted by Gasteiger charge is -2.18. The summed E-state index contributed by atoms with van der Waals surface area (Å²) < 4.78 is 5.72. The van der Waals surface area contributed by atoms with Crippen molar-refractivity contribution in [1.82, 2.24) is 10.3 Å². The van der Waals surface area contributed by atoms with E-state index in [1.807, 2.05) is 74.6 Å². The standard InChI is InChI=1S/C27H28N2O3/c1-3-32-26-13-12-20(19-10-8-18(2)9-11-19)15-24(26)27(31)29-22(17-30)14-21-16-28-25-7-5-4-6-23(21)25/h4-13,15-16,22,28,30H,3,14,17H2,1-2H3,(H,29,31)/t22-/m1/s1. The number of ether oxygens (including phenoxy) is 1. The molecule has 4 rings (SSSR count). The number of aliphatic hydroxyl groups excluding tert-OH is 1. The van der Waals surface area contributed by atoms with Crippen molar-refractivity contribution in [3.05, 3.63) is 89.6 Å². The number of carbonyl (C=O) groups excluding carboxylic acids is 1. The predicted molar refractivity (Wildman–Crippen MR) is 128 cm³/mol. The zero-order valence-electron chi connectivity index (χ0n) is 18.4. The first-order chi connectivity index (χ1) is 15.6. The van der Waals surface area contributed by atoms with E-state index in [0.29, 0.717) is 24.3 Å². The van der Waals surface area contributed by atoms with Crippen molar-refractivity contribution in [2.45, 2.75) is 26.3 Å². The summed E-state index contributed by atoms with van der Waals surface area (Å²) in [5.41, 5.74) is 5.71. The third kappa shape index (κ3) is 4.68. The van der Waals surface area contributed by atoms with Crippen LogP contribution in [0.3, 0.4) is 0 Å². The van der Waals surface area contributed by atoms with Crippen LogP contribution in [0.25, 0.3) is 22.0 Å². The lowest BCUT2D eigenvalue weighted by molar-refractivity contribution is 0.0913. The van der Waals surface area contributed by atoms with Gasteiger partial charge < -0.3 is 20.1 Å². The topological polar surface area (TPSA) is 74.3 Å². The van der Waals surface area contributed by atoms with Gasteiger partial charge in [-0.05, 0) is 55.2 Å². The molecule has 5 nitrogen and oxygen atoms in total. The van der Waals surface area contributed by atoms with Gasteiger partial charge in [-0.2, -0.15) is 0 Å². The molecule has 1 amide bonds. The van der Waals surface area contributed by atoms with Gasteiger partial charge in [0.05, 0.1) is 24.8 Å². The normalized spacial score (nSPS) is 12.0. The Balaban J connectivity index is 1.58. The van der Waals surface area contributed by atoms with Crippen molar-refractivity contribution in [1.29, 1.82) is 0 Å². The number of H-pyrrole nitrogens is 1. The average molecular weight is 429 g/mol. The second-order valence-corrected chi connectivity index (χ2v) is 7.93. The largest absolute Gasteiger partial charge is 0.493 e. The Hall–Kier alpha value is -3.57. The first-order valence-electron chi connectivity index (χ1n) is 10.9. The van der Waals surface area contributed by atoms with E-state index >= 15 is 0 Å². The van der Waals surface area contributed by atoms with Crippen molar-refractivity contribution in [2.24, 2.45) is 0 Å². The molecule has 0 bridgehead atoms. The molecule has 0 spiro atoms. The number of amides is 1. The molecule has 32 heavy (non-hydrogen) atoms. The molecule has 0 aliphatic rings. The number of carbonyl (C=O) groups is 1. The molecule has 3 aromatic carbocycles. The lowest BCUT2D eigenvalue weighted by atomic mass is 10.0. The number of fused-ring (bicyclic) bond motifs is 1. The minimum absolute atomic E-state index is 0.160. The molecule has 3 N–H and O–H groups in total. The molecule has 0 fully saturated rings. The first kappa shape index (κ1) is 21.7. The number of aliphatic hydroxyl groups is 1. The summed E-state index contributed by atoms with van der Waals surface area (Å²) in [6, 6.07) is 21.4. The molecule has 0 unspecified atom stereocenters. The summed E-state index contributed by atoms with van der Waals surface area (Å²) in [5.74, 6) is 0.269.